The molecular weight excluding hydrogens is 484 g/mol. The number of benzene rings is 5. The van der Waals surface area contributed by atoms with Gasteiger partial charge < -0.3 is 0 Å². The van der Waals surface area contributed by atoms with Crippen LogP contribution in [0.4, 0.5) is 0 Å². The Kier molecular flexibility index (Phi) is 5.94. The lowest BCUT2D eigenvalue weighted by molar-refractivity contribution is 1.23. The molecule has 7 aromatic rings. The lowest BCUT2D eigenvalue weighted by atomic mass is 9.94. The SMILES string of the molecule is Cc1cc(-c2ccc(-c3ccccc3)cc2)c2ccc3c(-c4ccc(-c5ccccc5)cc4)cc(C)nc3c2n1. The Balaban J connectivity index is 1.35. The molecule has 0 atom stereocenters. The lowest BCUT2D eigenvalue weighted by Gasteiger charge is -2.14. The quantitative estimate of drug-likeness (QED) is 0.219. The summed E-state index contributed by atoms with van der Waals surface area (Å²) in [5.74, 6) is 0. The molecule has 0 unspecified atom stereocenters. The fourth-order valence-corrected chi connectivity index (χ4v) is 5.65. The van der Waals surface area contributed by atoms with Crippen LogP contribution in [-0.4, -0.2) is 9.97 Å². The van der Waals surface area contributed by atoms with Crippen molar-refractivity contribution < 1.29 is 0 Å². The summed E-state index contributed by atoms with van der Waals surface area (Å²) in [6.45, 7) is 4.14. The molecule has 5 aromatic carbocycles. The summed E-state index contributed by atoms with van der Waals surface area (Å²) in [6.07, 6.45) is 0. The molecule has 0 N–H and O–H groups in total. The summed E-state index contributed by atoms with van der Waals surface area (Å²) in [4.78, 5) is 10.0. The van der Waals surface area contributed by atoms with Crippen LogP contribution in [0.3, 0.4) is 0 Å². The maximum Gasteiger partial charge on any atom is 0.0974 e. The van der Waals surface area contributed by atoms with E-state index in [0.717, 1.165) is 33.2 Å². The number of hydrogen-bond acceptors (Lipinski definition) is 2. The van der Waals surface area contributed by atoms with Crippen LogP contribution < -0.4 is 0 Å². The summed E-state index contributed by atoms with van der Waals surface area (Å²) in [6, 6.07) is 47.5. The van der Waals surface area contributed by atoms with Crippen molar-refractivity contribution in [1.82, 2.24) is 9.97 Å². The number of fused-ring (bicyclic) bond motifs is 3. The minimum absolute atomic E-state index is 0.950. The van der Waals surface area contributed by atoms with Gasteiger partial charge in [-0.1, -0.05) is 121 Å². The second-order valence-electron chi connectivity index (χ2n) is 10.4. The summed E-state index contributed by atoms with van der Waals surface area (Å²) in [5, 5.41) is 2.24. The van der Waals surface area contributed by atoms with Gasteiger partial charge in [0, 0.05) is 22.2 Å². The van der Waals surface area contributed by atoms with Crippen molar-refractivity contribution in [3.8, 4) is 44.5 Å². The number of nitrogens with zero attached hydrogens (tertiary/aromatic N) is 2. The molecule has 0 bridgehead atoms. The highest BCUT2D eigenvalue weighted by Gasteiger charge is 2.14. The average Bonchev–Trinajstić information content (AvgIpc) is 3.01. The van der Waals surface area contributed by atoms with Gasteiger partial charge in [-0.2, -0.15) is 0 Å². The lowest BCUT2D eigenvalue weighted by Crippen LogP contribution is -1.95. The maximum absolute atomic E-state index is 5.02. The number of aryl methyl sites for hydroxylation is 2. The van der Waals surface area contributed by atoms with Crippen molar-refractivity contribution >= 4 is 21.8 Å². The zero-order chi connectivity index (χ0) is 27.1. The van der Waals surface area contributed by atoms with Crippen molar-refractivity contribution in [1.29, 1.82) is 0 Å². The molecule has 2 heteroatoms. The fourth-order valence-electron chi connectivity index (χ4n) is 5.65. The van der Waals surface area contributed by atoms with Crippen LogP contribution in [0.15, 0.2) is 133 Å². The minimum atomic E-state index is 0.950. The van der Waals surface area contributed by atoms with Gasteiger partial charge in [-0.15, -0.1) is 0 Å². The monoisotopic (exact) mass is 512 g/mol. The maximum atomic E-state index is 5.02. The van der Waals surface area contributed by atoms with Gasteiger partial charge in [0.25, 0.3) is 0 Å². The van der Waals surface area contributed by atoms with Crippen LogP contribution in [0.25, 0.3) is 66.3 Å². The van der Waals surface area contributed by atoms with Gasteiger partial charge in [-0.3, -0.25) is 9.97 Å². The van der Waals surface area contributed by atoms with Crippen molar-refractivity contribution in [2.24, 2.45) is 0 Å². The van der Waals surface area contributed by atoms with Crippen LogP contribution in [0.1, 0.15) is 11.4 Å². The van der Waals surface area contributed by atoms with E-state index in [0.29, 0.717) is 0 Å². The van der Waals surface area contributed by atoms with E-state index < -0.39 is 0 Å². The van der Waals surface area contributed by atoms with E-state index in [2.05, 4.69) is 147 Å². The van der Waals surface area contributed by atoms with Crippen LogP contribution in [0, 0.1) is 13.8 Å². The van der Waals surface area contributed by atoms with Crippen molar-refractivity contribution in [3.05, 3.63) is 145 Å². The van der Waals surface area contributed by atoms with Gasteiger partial charge in [0.15, 0.2) is 0 Å². The molecular formula is C38H28N2. The van der Waals surface area contributed by atoms with Gasteiger partial charge >= 0.3 is 0 Å². The van der Waals surface area contributed by atoms with Crippen LogP contribution in [0.2, 0.25) is 0 Å². The zero-order valence-electron chi connectivity index (χ0n) is 22.6. The summed E-state index contributed by atoms with van der Waals surface area (Å²) >= 11 is 0. The smallest absolute Gasteiger partial charge is 0.0974 e. The largest absolute Gasteiger partial charge is 0.251 e. The number of hydrogen-bond donors (Lipinski definition) is 0. The third-order valence-corrected chi connectivity index (χ3v) is 7.62. The molecule has 0 fully saturated rings. The Morgan fingerprint density at radius 3 is 1.05 bits per heavy atom. The van der Waals surface area contributed by atoms with Crippen molar-refractivity contribution in [3.63, 3.8) is 0 Å². The Morgan fingerprint density at radius 1 is 0.350 bits per heavy atom. The molecule has 40 heavy (non-hydrogen) atoms. The standard InChI is InChI=1S/C38H28N2/c1-25-23-35(31-17-13-29(14-18-31)27-9-5-3-6-10-27)33-21-22-34-36(24-26(2)40-38(34)37(33)39-25)32-19-15-30(16-20-32)28-11-7-4-8-12-28/h3-24H,1-2H3. The Hall–Kier alpha value is -5.08. The second kappa shape index (κ2) is 9.91. The topological polar surface area (TPSA) is 25.8 Å². The van der Waals surface area contributed by atoms with Gasteiger partial charge in [0.2, 0.25) is 0 Å². The first-order valence-corrected chi connectivity index (χ1v) is 13.7. The molecule has 0 saturated carbocycles. The number of pyridine rings is 2. The molecule has 2 heterocycles. The van der Waals surface area contributed by atoms with E-state index in [1.165, 1.54) is 44.5 Å². The predicted molar refractivity (Wildman–Crippen MR) is 168 cm³/mol. The van der Waals surface area contributed by atoms with E-state index in [4.69, 9.17) is 9.97 Å². The molecule has 2 aromatic heterocycles. The summed E-state index contributed by atoms with van der Waals surface area (Å²) in [5.41, 5.74) is 13.5. The van der Waals surface area contributed by atoms with Gasteiger partial charge in [0.1, 0.15) is 0 Å². The van der Waals surface area contributed by atoms with Crippen molar-refractivity contribution in [2.75, 3.05) is 0 Å². The van der Waals surface area contributed by atoms with E-state index in [9.17, 15) is 0 Å². The Bertz CT molecular complexity index is 1830. The summed E-state index contributed by atoms with van der Waals surface area (Å²) < 4.78 is 0. The normalized spacial score (nSPS) is 11.2. The first kappa shape index (κ1) is 24.0. The highest BCUT2D eigenvalue weighted by Crippen LogP contribution is 2.37. The van der Waals surface area contributed by atoms with E-state index >= 15 is 0 Å². The number of aromatic nitrogens is 2. The molecule has 0 radical (unpaired) electrons. The highest BCUT2D eigenvalue weighted by molar-refractivity contribution is 6.12. The third-order valence-electron chi connectivity index (χ3n) is 7.62. The van der Waals surface area contributed by atoms with E-state index in [1.807, 2.05) is 0 Å². The molecule has 2 nitrogen and oxygen atoms in total. The predicted octanol–water partition coefficient (Wildman–Crippen LogP) is 10.1. The fraction of sp³-hybridized carbons (Fsp3) is 0.0526. The molecule has 0 saturated heterocycles. The number of rotatable bonds is 4. The zero-order valence-corrected chi connectivity index (χ0v) is 22.6. The molecule has 190 valence electrons. The van der Waals surface area contributed by atoms with Gasteiger partial charge in [0.05, 0.1) is 11.0 Å². The molecule has 0 amide bonds. The first-order valence-electron chi connectivity index (χ1n) is 13.7. The third kappa shape index (κ3) is 4.34. The van der Waals surface area contributed by atoms with E-state index in [1.54, 1.807) is 0 Å². The van der Waals surface area contributed by atoms with Crippen molar-refractivity contribution in [2.45, 2.75) is 13.8 Å². The molecule has 0 spiro atoms. The van der Waals surface area contributed by atoms with Crippen LogP contribution >= 0.6 is 0 Å². The molecule has 7 rings (SSSR count). The summed E-state index contributed by atoms with van der Waals surface area (Å²) in [7, 11) is 0. The second-order valence-corrected chi connectivity index (χ2v) is 10.4. The first-order chi connectivity index (χ1) is 19.6. The van der Waals surface area contributed by atoms with E-state index in [-0.39, 0.29) is 0 Å². The Labute approximate surface area is 234 Å². The average molecular weight is 513 g/mol. The van der Waals surface area contributed by atoms with Gasteiger partial charge in [-0.05, 0) is 70.5 Å². The Morgan fingerprint density at radius 2 is 0.675 bits per heavy atom. The van der Waals surface area contributed by atoms with Crippen LogP contribution in [-0.2, 0) is 0 Å². The molecule has 0 aliphatic heterocycles. The molecule has 0 aliphatic rings. The van der Waals surface area contributed by atoms with Gasteiger partial charge in [-0.25, -0.2) is 0 Å². The van der Waals surface area contributed by atoms with Crippen LogP contribution in [0.5, 0.6) is 0 Å². The minimum Gasteiger partial charge on any atom is -0.251 e. The highest BCUT2D eigenvalue weighted by atomic mass is 14.8. The molecule has 0 aliphatic carbocycles.